The molecule has 2 nitrogen and oxygen atoms in total. The van der Waals surface area contributed by atoms with Crippen molar-refractivity contribution in [2.24, 2.45) is 0 Å². The number of rotatable bonds is 4. The zero-order valence-corrected chi connectivity index (χ0v) is 12.2. The van der Waals surface area contributed by atoms with Crippen molar-refractivity contribution in [2.75, 3.05) is 0 Å². The van der Waals surface area contributed by atoms with E-state index in [4.69, 9.17) is 0 Å². The van der Waals surface area contributed by atoms with Gasteiger partial charge in [-0.25, -0.2) is 0 Å². The van der Waals surface area contributed by atoms with Crippen LogP contribution in [-0.2, 0) is 0 Å². The number of aliphatic hydroxyl groups excluding tert-OH is 1. The zero-order chi connectivity index (χ0) is 15.4. The first kappa shape index (κ1) is 14.3. The smallest absolute Gasteiger partial charge is 0.0805 e. The molecule has 0 saturated heterocycles. The van der Waals surface area contributed by atoms with Crippen molar-refractivity contribution in [3.8, 4) is 6.07 Å². The maximum atomic E-state index is 10.3. The van der Waals surface area contributed by atoms with Crippen molar-refractivity contribution >= 4 is 10.8 Å². The largest absolute Gasteiger partial charge is 0.388 e. The van der Waals surface area contributed by atoms with Gasteiger partial charge in [-0.1, -0.05) is 66.7 Å². The van der Waals surface area contributed by atoms with Gasteiger partial charge in [0.15, 0.2) is 0 Å². The molecule has 0 amide bonds. The molecule has 108 valence electrons. The number of hydrogen-bond acceptors (Lipinski definition) is 2. The highest BCUT2D eigenvalue weighted by Crippen LogP contribution is 2.29. The Bertz CT molecular complexity index is 805. The van der Waals surface area contributed by atoms with E-state index in [-0.39, 0.29) is 5.92 Å². The highest BCUT2D eigenvalue weighted by molar-refractivity contribution is 5.83. The molecule has 0 bridgehead atoms. The number of benzene rings is 3. The lowest BCUT2D eigenvalue weighted by Crippen LogP contribution is -2.05. The minimum absolute atomic E-state index is 0.320. The molecule has 0 aliphatic carbocycles. The quantitative estimate of drug-likeness (QED) is 0.763. The van der Waals surface area contributed by atoms with Gasteiger partial charge in [0.05, 0.1) is 18.1 Å². The topological polar surface area (TPSA) is 44.0 Å². The van der Waals surface area contributed by atoms with E-state index < -0.39 is 6.10 Å². The Kier molecular flexibility index (Phi) is 4.18. The molecule has 2 atom stereocenters. The van der Waals surface area contributed by atoms with Crippen LogP contribution in [-0.4, -0.2) is 5.11 Å². The third-order valence-corrected chi connectivity index (χ3v) is 3.98. The lowest BCUT2D eigenvalue weighted by Gasteiger charge is -2.16. The fourth-order valence-electron chi connectivity index (χ4n) is 2.72. The second kappa shape index (κ2) is 6.43. The average Bonchev–Trinajstić information content (AvgIpc) is 2.59. The van der Waals surface area contributed by atoms with Crippen LogP contribution in [0.2, 0.25) is 0 Å². The van der Waals surface area contributed by atoms with Crippen LogP contribution in [0, 0.1) is 11.3 Å². The first-order valence-electron chi connectivity index (χ1n) is 7.39. The summed E-state index contributed by atoms with van der Waals surface area (Å²) >= 11 is 0. The van der Waals surface area contributed by atoms with Crippen LogP contribution in [0.15, 0.2) is 72.8 Å². The Hall–Kier alpha value is -2.63. The van der Waals surface area contributed by atoms with Gasteiger partial charge in [0.2, 0.25) is 0 Å². The monoisotopic (exact) mass is 287 g/mol. The number of fused-ring (bicyclic) bond motifs is 1. The van der Waals surface area contributed by atoms with E-state index in [1.54, 1.807) is 0 Å². The number of aliphatic hydroxyl groups is 1. The Morgan fingerprint density at radius 1 is 0.818 bits per heavy atom. The Morgan fingerprint density at radius 3 is 2.23 bits per heavy atom. The maximum absolute atomic E-state index is 10.3. The van der Waals surface area contributed by atoms with Crippen molar-refractivity contribution in [2.45, 2.75) is 18.4 Å². The van der Waals surface area contributed by atoms with Crippen LogP contribution < -0.4 is 0 Å². The normalized spacial score (nSPS) is 13.5. The Balaban J connectivity index is 1.85. The summed E-state index contributed by atoms with van der Waals surface area (Å²) in [5, 5.41) is 22.1. The first-order valence-corrected chi connectivity index (χ1v) is 7.39. The highest BCUT2D eigenvalue weighted by atomic mass is 16.3. The summed E-state index contributed by atoms with van der Waals surface area (Å²) in [6.07, 6.45) is -0.226. The van der Waals surface area contributed by atoms with Crippen molar-refractivity contribution < 1.29 is 5.11 Å². The molecule has 2 heteroatoms. The number of nitriles is 1. The van der Waals surface area contributed by atoms with E-state index in [1.165, 1.54) is 0 Å². The lowest BCUT2D eigenvalue weighted by molar-refractivity contribution is 0.163. The van der Waals surface area contributed by atoms with E-state index in [0.29, 0.717) is 6.42 Å². The molecule has 3 rings (SSSR count). The summed E-state index contributed by atoms with van der Waals surface area (Å²) in [4.78, 5) is 0. The molecule has 0 radical (unpaired) electrons. The summed E-state index contributed by atoms with van der Waals surface area (Å²) in [6.45, 7) is 0. The standard InChI is InChI=1S/C20H17NO/c21-14-19(13-20(22)16-7-2-1-3-8-16)18-11-10-15-6-4-5-9-17(15)12-18/h1-12,19-20,22H,13H2/t19-,20+/m1/s1. The van der Waals surface area contributed by atoms with Gasteiger partial charge in [0.25, 0.3) is 0 Å². The molecule has 3 aromatic rings. The van der Waals surface area contributed by atoms with Crippen LogP contribution in [0.3, 0.4) is 0 Å². The van der Waals surface area contributed by atoms with Crippen molar-refractivity contribution in [1.29, 1.82) is 5.26 Å². The van der Waals surface area contributed by atoms with Crippen LogP contribution >= 0.6 is 0 Å². The fourth-order valence-corrected chi connectivity index (χ4v) is 2.72. The second-order valence-electron chi connectivity index (χ2n) is 5.45. The SMILES string of the molecule is N#C[C@@H](C[C@H](O)c1ccccc1)c1ccc2ccccc2c1. The summed E-state index contributed by atoms with van der Waals surface area (Å²) in [7, 11) is 0. The Labute approximate surface area is 130 Å². The van der Waals surface area contributed by atoms with Crippen LogP contribution in [0.5, 0.6) is 0 Å². The van der Waals surface area contributed by atoms with Crippen LogP contribution in [0.25, 0.3) is 10.8 Å². The van der Waals surface area contributed by atoms with E-state index >= 15 is 0 Å². The number of hydrogen-bond donors (Lipinski definition) is 1. The van der Waals surface area contributed by atoms with Gasteiger partial charge < -0.3 is 5.11 Å². The van der Waals surface area contributed by atoms with Crippen LogP contribution in [0.1, 0.15) is 29.6 Å². The molecular formula is C20H17NO. The predicted molar refractivity (Wildman–Crippen MR) is 88.3 cm³/mol. The van der Waals surface area contributed by atoms with Gasteiger partial charge in [-0.3, -0.25) is 0 Å². The van der Waals surface area contributed by atoms with Crippen molar-refractivity contribution in [3.63, 3.8) is 0 Å². The molecule has 0 spiro atoms. The van der Waals surface area contributed by atoms with Crippen molar-refractivity contribution in [1.82, 2.24) is 0 Å². The molecular weight excluding hydrogens is 270 g/mol. The predicted octanol–water partition coefficient (Wildman–Crippen LogP) is 4.57. The maximum Gasteiger partial charge on any atom is 0.0805 e. The van der Waals surface area contributed by atoms with E-state index in [0.717, 1.165) is 21.9 Å². The fraction of sp³-hybridized carbons (Fsp3) is 0.150. The molecule has 22 heavy (non-hydrogen) atoms. The minimum atomic E-state index is -0.627. The molecule has 0 heterocycles. The molecule has 3 aromatic carbocycles. The van der Waals surface area contributed by atoms with E-state index in [9.17, 15) is 10.4 Å². The summed E-state index contributed by atoms with van der Waals surface area (Å²) in [5.74, 6) is -0.320. The van der Waals surface area contributed by atoms with Gasteiger partial charge in [-0.15, -0.1) is 0 Å². The zero-order valence-electron chi connectivity index (χ0n) is 12.2. The van der Waals surface area contributed by atoms with E-state index in [1.807, 2.05) is 66.7 Å². The average molecular weight is 287 g/mol. The molecule has 0 saturated carbocycles. The minimum Gasteiger partial charge on any atom is -0.388 e. The van der Waals surface area contributed by atoms with Gasteiger partial charge >= 0.3 is 0 Å². The highest BCUT2D eigenvalue weighted by Gasteiger charge is 2.17. The molecule has 1 N–H and O–H groups in total. The second-order valence-corrected chi connectivity index (χ2v) is 5.45. The summed E-state index contributed by atoms with van der Waals surface area (Å²) in [5.41, 5.74) is 1.81. The Morgan fingerprint density at radius 2 is 1.50 bits per heavy atom. The molecule has 0 aromatic heterocycles. The lowest BCUT2D eigenvalue weighted by atomic mass is 9.90. The molecule has 0 aliphatic heterocycles. The summed E-state index contributed by atoms with van der Waals surface area (Å²) in [6, 6.07) is 26.0. The third kappa shape index (κ3) is 3.00. The number of nitrogens with zero attached hydrogens (tertiary/aromatic N) is 1. The van der Waals surface area contributed by atoms with Gasteiger partial charge in [-0.05, 0) is 34.4 Å². The van der Waals surface area contributed by atoms with Gasteiger partial charge in [0, 0.05) is 0 Å². The molecule has 0 aliphatic rings. The van der Waals surface area contributed by atoms with Gasteiger partial charge in [0.1, 0.15) is 0 Å². The third-order valence-electron chi connectivity index (χ3n) is 3.98. The first-order chi connectivity index (χ1) is 10.8. The summed E-state index contributed by atoms with van der Waals surface area (Å²) < 4.78 is 0. The molecule has 0 fully saturated rings. The van der Waals surface area contributed by atoms with Crippen LogP contribution in [0.4, 0.5) is 0 Å². The van der Waals surface area contributed by atoms with E-state index in [2.05, 4.69) is 12.1 Å². The molecule has 0 unspecified atom stereocenters. The van der Waals surface area contributed by atoms with Crippen molar-refractivity contribution in [3.05, 3.63) is 83.9 Å². The van der Waals surface area contributed by atoms with Gasteiger partial charge in [-0.2, -0.15) is 5.26 Å².